The van der Waals surface area contributed by atoms with Gasteiger partial charge in [-0.1, -0.05) is 32.0 Å². The molecule has 1 aromatic rings. The van der Waals surface area contributed by atoms with Gasteiger partial charge in [0.1, 0.15) is 5.82 Å². The standard InChI is InChI=1S/C14H20FNO/c1-3-13(11-6-4-5-7-12(11)15)16-8-14(2)9-17-10-14/h4-7,13,16H,3,8-10H2,1-2H3. The molecule has 1 unspecified atom stereocenters. The molecule has 0 bridgehead atoms. The number of hydrogen-bond acceptors (Lipinski definition) is 2. The summed E-state index contributed by atoms with van der Waals surface area (Å²) in [6.07, 6.45) is 0.887. The molecule has 1 aliphatic rings. The Kier molecular flexibility index (Phi) is 3.79. The van der Waals surface area contributed by atoms with Crippen molar-refractivity contribution in [1.82, 2.24) is 5.32 Å². The lowest BCUT2D eigenvalue weighted by Crippen LogP contribution is -2.48. The minimum atomic E-state index is -0.123. The van der Waals surface area contributed by atoms with Gasteiger partial charge >= 0.3 is 0 Å². The highest BCUT2D eigenvalue weighted by atomic mass is 19.1. The third-order valence-electron chi connectivity index (χ3n) is 3.37. The molecular formula is C14H20FNO. The highest BCUT2D eigenvalue weighted by Crippen LogP contribution is 2.27. The van der Waals surface area contributed by atoms with Crippen molar-refractivity contribution < 1.29 is 9.13 Å². The minimum Gasteiger partial charge on any atom is -0.380 e. The molecule has 1 heterocycles. The SMILES string of the molecule is CCC(NCC1(C)COC1)c1ccccc1F. The molecule has 2 nitrogen and oxygen atoms in total. The van der Waals surface area contributed by atoms with Gasteiger partial charge in [0.2, 0.25) is 0 Å². The Hall–Kier alpha value is -0.930. The van der Waals surface area contributed by atoms with Crippen LogP contribution in [-0.2, 0) is 4.74 Å². The van der Waals surface area contributed by atoms with E-state index in [2.05, 4.69) is 19.2 Å². The van der Waals surface area contributed by atoms with E-state index in [1.807, 2.05) is 12.1 Å². The third-order valence-corrected chi connectivity index (χ3v) is 3.37. The van der Waals surface area contributed by atoms with E-state index in [1.165, 1.54) is 6.07 Å². The van der Waals surface area contributed by atoms with Gasteiger partial charge in [0, 0.05) is 23.6 Å². The zero-order valence-corrected chi connectivity index (χ0v) is 10.5. The predicted octanol–water partition coefficient (Wildman–Crippen LogP) is 2.90. The Bertz CT molecular complexity index is 376. The number of halogens is 1. The van der Waals surface area contributed by atoms with E-state index in [0.717, 1.165) is 31.7 Å². The molecule has 1 atom stereocenters. The maximum absolute atomic E-state index is 13.7. The van der Waals surface area contributed by atoms with Crippen LogP contribution in [0.3, 0.4) is 0 Å². The quantitative estimate of drug-likeness (QED) is 0.850. The number of ether oxygens (including phenoxy) is 1. The molecule has 0 spiro atoms. The van der Waals surface area contributed by atoms with Gasteiger partial charge in [0.25, 0.3) is 0 Å². The summed E-state index contributed by atoms with van der Waals surface area (Å²) in [4.78, 5) is 0. The zero-order valence-electron chi connectivity index (χ0n) is 10.5. The van der Waals surface area contributed by atoms with Crippen molar-refractivity contribution in [2.24, 2.45) is 5.41 Å². The summed E-state index contributed by atoms with van der Waals surface area (Å²) in [5.74, 6) is -0.123. The first kappa shape index (κ1) is 12.5. The van der Waals surface area contributed by atoms with Crippen LogP contribution < -0.4 is 5.32 Å². The van der Waals surface area contributed by atoms with Gasteiger partial charge in [0.05, 0.1) is 13.2 Å². The van der Waals surface area contributed by atoms with E-state index in [-0.39, 0.29) is 17.3 Å². The Labute approximate surface area is 102 Å². The van der Waals surface area contributed by atoms with Crippen LogP contribution in [0.4, 0.5) is 4.39 Å². The lowest BCUT2D eigenvalue weighted by Gasteiger charge is -2.39. The van der Waals surface area contributed by atoms with Gasteiger partial charge in [-0.25, -0.2) is 4.39 Å². The van der Waals surface area contributed by atoms with Crippen LogP contribution in [0.15, 0.2) is 24.3 Å². The number of rotatable bonds is 5. The molecular weight excluding hydrogens is 217 g/mol. The van der Waals surface area contributed by atoms with Gasteiger partial charge in [0.15, 0.2) is 0 Å². The molecule has 94 valence electrons. The molecule has 1 N–H and O–H groups in total. The van der Waals surface area contributed by atoms with Crippen molar-refractivity contribution in [3.63, 3.8) is 0 Å². The molecule has 17 heavy (non-hydrogen) atoms. The molecule has 1 saturated heterocycles. The van der Waals surface area contributed by atoms with E-state index < -0.39 is 0 Å². The highest BCUT2D eigenvalue weighted by molar-refractivity contribution is 5.21. The summed E-state index contributed by atoms with van der Waals surface area (Å²) in [7, 11) is 0. The summed E-state index contributed by atoms with van der Waals surface area (Å²) in [5.41, 5.74) is 0.984. The third kappa shape index (κ3) is 2.85. The Balaban J connectivity index is 1.99. The van der Waals surface area contributed by atoms with E-state index in [1.54, 1.807) is 6.07 Å². The largest absolute Gasteiger partial charge is 0.380 e. The first-order chi connectivity index (χ1) is 8.14. The smallest absolute Gasteiger partial charge is 0.127 e. The van der Waals surface area contributed by atoms with Gasteiger partial charge in [-0.3, -0.25) is 0 Å². The fourth-order valence-electron chi connectivity index (χ4n) is 2.15. The predicted molar refractivity (Wildman–Crippen MR) is 66.4 cm³/mol. The van der Waals surface area contributed by atoms with Crippen LogP contribution in [0.5, 0.6) is 0 Å². The van der Waals surface area contributed by atoms with Crippen LogP contribution >= 0.6 is 0 Å². The summed E-state index contributed by atoms with van der Waals surface area (Å²) < 4.78 is 18.9. The monoisotopic (exact) mass is 237 g/mol. The second-order valence-corrected chi connectivity index (χ2v) is 5.17. The molecule has 3 heteroatoms. The van der Waals surface area contributed by atoms with Crippen LogP contribution in [0.2, 0.25) is 0 Å². The Morgan fingerprint density at radius 2 is 2.12 bits per heavy atom. The summed E-state index contributed by atoms with van der Waals surface area (Å²) in [6.45, 7) is 6.74. The van der Waals surface area contributed by atoms with E-state index >= 15 is 0 Å². The summed E-state index contributed by atoms with van der Waals surface area (Å²) in [5, 5.41) is 3.45. The molecule has 0 aromatic heterocycles. The van der Waals surface area contributed by atoms with Crippen LogP contribution in [-0.4, -0.2) is 19.8 Å². The summed E-state index contributed by atoms with van der Waals surface area (Å²) >= 11 is 0. The summed E-state index contributed by atoms with van der Waals surface area (Å²) in [6, 6.07) is 7.08. The van der Waals surface area contributed by atoms with E-state index in [0.29, 0.717) is 0 Å². The molecule has 1 aliphatic heterocycles. The molecule has 0 amide bonds. The van der Waals surface area contributed by atoms with Crippen molar-refractivity contribution in [3.05, 3.63) is 35.6 Å². The van der Waals surface area contributed by atoms with Gasteiger partial charge in [-0.2, -0.15) is 0 Å². The van der Waals surface area contributed by atoms with Gasteiger partial charge in [-0.05, 0) is 12.5 Å². The first-order valence-corrected chi connectivity index (χ1v) is 6.20. The van der Waals surface area contributed by atoms with Crippen LogP contribution in [0.25, 0.3) is 0 Å². The van der Waals surface area contributed by atoms with E-state index in [4.69, 9.17) is 4.74 Å². The Morgan fingerprint density at radius 1 is 1.41 bits per heavy atom. The van der Waals surface area contributed by atoms with Crippen molar-refractivity contribution in [3.8, 4) is 0 Å². The number of nitrogens with one attached hydrogen (secondary N) is 1. The maximum atomic E-state index is 13.7. The second kappa shape index (κ2) is 5.15. The van der Waals surface area contributed by atoms with Crippen molar-refractivity contribution in [2.75, 3.05) is 19.8 Å². The van der Waals surface area contributed by atoms with E-state index in [9.17, 15) is 4.39 Å². The van der Waals surface area contributed by atoms with Crippen LogP contribution in [0, 0.1) is 11.2 Å². The van der Waals surface area contributed by atoms with Gasteiger partial charge < -0.3 is 10.1 Å². The van der Waals surface area contributed by atoms with Gasteiger partial charge in [-0.15, -0.1) is 0 Å². The Morgan fingerprint density at radius 3 is 2.65 bits per heavy atom. The van der Waals surface area contributed by atoms with Crippen molar-refractivity contribution in [1.29, 1.82) is 0 Å². The fraction of sp³-hybridized carbons (Fsp3) is 0.571. The second-order valence-electron chi connectivity index (χ2n) is 5.17. The molecule has 1 aromatic carbocycles. The fourth-order valence-corrected chi connectivity index (χ4v) is 2.15. The van der Waals surface area contributed by atoms with Crippen LogP contribution in [0.1, 0.15) is 31.9 Å². The topological polar surface area (TPSA) is 21.3 Å². The number of hydrogen-bond donors (Lipinski definition) is 1. The molecule has 2 rings (SSSR count). The molecule has 0 aliphatic carbocycles. The normalized spacial score (nSPS) is 19.7. The lowest BCUT2D eigenvalue weighted by atomic mass is 9.88. The minimum absolute atomic E-state index is 0.0913. The highest BCUT2D eigenvalue weighted by Gasteiger charge is 2.33. The molecule has 0 radical (unpaired) electrons. The maximum Gasteiger partial charge on any atom is 0.127 e. The number of benzene rings is 1. The average Bonchev–Trinajstić information content (AvgIpc) is 2.29. The first-order valence-electron chi connectivity index (χ1n) is 6.20. The molecule has 1 fully saturated rings. The lowest BCUT2D eigenvalue weighted by molar-refractivity contribution is -0.100. The zero-order chi connectivity index (χ0) is 12.3. The molecule has 0 saturated carbocycles. The average molecular weight is 237 g/mol. The van der Waals surface area contributed by atoms with Crippen molar-refractivity contribution >= 4 is 0 Å². The van der Waals surface area contributed by atoms with Crippen molar-refractivity contribution in [2.45, 2.75) is 26.3 Å².